The third-order valence-electron chi connectivity index (χ3n) is 15.0. The Kier molecular flexibility index (Phi) is 20.7. The number of piperidine rings is 1. The number of hydrogen-bond donors (Lipinski definition) is 3. The van der Waals surface area contributed by atoms with Crippen molar-refractivity contribution in [3.8, 4) is 0 Å². The van der Waals surface area contributed by atoms with Gasteiger partial charge in [-0.05, 0) is 114 Å². The maximum absolute atomic E-state index is 14.7. The number of aliphatic hydroxyl groups is 3. The highest BCUT2D eigenvalue weighted by atomic mass is 16.6. The minimum absolute atomic E-state index is 0.0198. The zero-order chi connectivity index (χ0) is 49.1. The lowest BCUT2D eigenvalue weighted by Gasteiger charge is -2.46. The van der Waals surface area contributed by atoms with E-state index in [1.807, 2.05) is 58.1 Å². The number of aliphatic hydroxyl groups excluding tert-OH is 2. The second-order valence-corrected chi connectivity index (χ2v) is 20.2. The number of carbonyl (C=O) groups is 5. The number of esters is 1. The van der Waals surface area contributed by atoms with E-state index >= 15 is 0 Å². The third-order valence-corrected chi connectivity index (χ3v) is 15.0. The van der Waals surface area contributed by atoms with Gasteiger partial charge in [-0.3, -0.25) is 19.2 Å². The molecule has 1 amide bonds. The first-order chi connectivity index (χ1) is 31.1. The topological polar surface area (TPSA) is 195 Å². The second-order valence-electron chi connectivity index (χ2n) is 20.2. The van der Waals surface area contributed by atoms with Crippen LogP contribution in [0.5, 0.6) is 0 Å². The van der Waals surface area contributed by atoms with Crippen LogP contribution in [0.4, 0.5) is 0 Å². The van der Waals surface area contributed by atoms with Gasteiger partial charge in [-0.15, -0.1) is 0 Å². The normalized spacial score (nSPS) is 38.6. The lowest BCUT2D eigenvalue weighted by Crippen LogP contribution is -2.64. The fraction of sp³-hybridized carbons (Fsp3) is 0.750. The number of methoxy groups -OCH3 is 3. The van der Waals surface area contributed by atoms with E-state index in [9.17, 15) is 39.3 Å². The molecule has 14 nitrogen and oxygen atoms in total. The molecule has 0 radical (unpaired) electrons. The number of rotatable bonds is 6. The van der Waals surface area contributed by atoms with E-state index in [1.54, 1.807) is 48.0 Å². The molecule has 3 fully saturated rings. The van der Waals surface area contributed by atoms with Crippen molar-refractivity contribution in [1.82, 2.24) is 4.90 Å². The molecule has 1 aliphatic carbocycles. The van der Waals surface area contributed by atoms with Crippen LogP contribution in [0.15, 0.2) is 47.6 Å². The van der Waals surface area contributed by atoms with Gasteiger partial charge in [0.2, 0.25) is 5.79 Å². The van der Waals surface area contributed by atoms with Crippen molar-refractivity contribution in [3.63, 3.8) is 0 Å². The number of carbonyl (C=O) groups excluding carboxylic acids is 5. The Bertz CT molecular complexity index is 1810. The molecule has 15 atom stereocenters. The van der Waals surface area contributed by atoms with E-state index < -0.39 is 83.4 Å². The molecule has 8 unspecified atom stereocenters. The van der Waals surface area contributed by atoms with Crippen molar-refractivity contribution >= 4 is 29.2 Å². The van der Waals surface area contributed by atoms with Gasteiger partial charge in [0.25, 0.3) is 11.7 Å². The number of allylic oxidation sites excluding steroid dienone is 6. The molecule has 2 bridgehead atoms. The molecule has 66 heavy (non-hydrogen) atoms. The van der Waals surface area contributed by atoms with Crippen LogP contribution < -0.4 is 0 Å². The highest BCUT2D eigenvalue weighted by Gasteiger charge is 2.55. The molecule has 0 aromatic rings. The van der Waals surface area contributed by atoms with Crippen molar-refractivity contribution in [2.24, 2.45) is 35.5 Å². The van der Waals surface area contributed by atoms with Gasteiger partial charge in [0, 0.05) is 58.5 Å². The summed E-state index contributed by atoms with van der Waals surface area (Å²) in [4.78, 5) is 72.5. The van der Waals surface area contributed by atoms with Crippen LogP contribution >= 0.6 is 0 Å². The highest BCUT2D eigenvalue weighted by molar-refractivity contribution is 6.39. The molecule has 0 aromatic carbocycles. The summed E-state index contributed by atoms with van der Waals surface area (Å²) in [5.74, 6) is -8.04. The minimum atomic E-state index is -2.45. The number of nitrogens with zero attached hydrogens (tertiary/aromatic N) is 1. The van der Waals surface area contributed by atoms with Crippen molar-refractivity contribution in [3.05, 3.63) is 47.6 Å². The smallest absolute Gasteiger partial charge is 0.332 e. The Morgan fingerprint density at radius 2 is 1.59 bits per heavy atom. The van der Waals surface area contributed by atoms with Crippen LogP contribution in [0, 0.1) is 35.5 Å². The van der Waals surface area contributed by atoms with Crippen molar-refractivity contribution in [1.29, 1.82) is 0 Å². The number of amides is 1. The van der Waals surface area contributed by atoms with Crippen LogP contribution in [0.25, 0.3) is 0 Å². The number of Topliss-reactive ketones (excluding diaryl/α,β-unsaturated/α-hetero) is 3. The highest BCUT2D eigenvalue weighted by Crippen LogP contribution is 2.39. The zero-order valence-corrected chi connectivity index (χ0v) is 41.5. The van der Waals surface area contributed by atoms with E-state index in [2.05, 4.69) is 0 Å². The van der Waals surface area contributed by atoms with Crippen LogP contribution in [0.1, 0.15) is 132 Å². The summed E-state index contributed by atoms with van der Waals surface area (Å²) in [5.41, 5.74) is -0.422. The van der Waals surface area contributed by atoms with Gasteiger partial charge in [0.15, 0.2) is 11.6 Å². The standard InChI is InChI=1S/C52H81NO13/c1-31-17-13-12-14-18-32(2)42(62-9)29-39-21-19-37(7)52(61,66-39)48(58)49(59)53-24-16-15-23-51(53,8)50(60)65-43(34(4)27-38-20-22-40(54)44(28-38)63-10)30-41(55)33(3)26-36(6)46(57)47(64-11)45(56)35(5)25-31/h12-14,17-18,26,31,34-40,42-44,46-47,54,57,61H,15-16,19-25,27-30H2,1-11H3/t31-,34-,35?,36?,37?,38?,39+,40-,42+,43?,44?,46?,47+,51+,52?/m1/s1. The molecule has 372 valence electrons. The molecule has 0 spiro atoms. The van der Waals surface area contributed by atoms with Gasteiger partial charge in [-0.2, -0.15) is 0 Å². The van der Waals surface area contributed by atoms with Crippen LogP contribution in [0.2, 0.25) is 0 Å². The fourth-order valence-electron chi connectivity index (χ4n) is 10.4. The number of ketones is 3. The van der Waals surface area contributed by atoms with Crippen molar-refractivity contribution in [2.75, 3.05) is 27.9 Å². The quantitative estimate of drug-likeness (QED) is 0.191. The Labute approximate surface area is 393 Å². The number of hydrogen-bond acceptors (Lipinski definition) is 13. The molecule has 1 saturated carbocycles. The molecule has 3 N–H and O–H groups in total. The maximum atomic E-state index is 14.7. The van der Waals surface area contributed by atoms with Gasteiger partial charge >= 0.3 is 5.97 Å². The summed E-state index contributed by atoms with van der Waals surface area (Å²) >= 11 is 0. The van der Waals surface area contributed by atoms with Crippen LogP contribution in [0.3, 0.4) is 0 Å². The number of fused-ring (bicyclic) bond motifs is 3. The molecule has 0 aromatic heterocycles. The summed E-state index contributed by atoms with van der Waals surface area (Å²) in [7, 11) is 4.53. The Morgan fingerprint density at radius 3 is 2.26 bits per heavy atom. The van der Waals surface area contributed by atoms with Crippen LogP contribution in [-0.4, -0.2) is 131 Å². The molecule has 2 saturated heterocycles. The van der Waals surface area contributed by atoms with E-state index in [-0.39, 0.29) is 54.8 Å². The Morgan fingerprint density at radius 1 is 0.879 bits per heavy atom. The molecular weight excluding hydrogens is 847 g/mol. The summed E-state index contributed by atoms with van der Waals surface area (Å²) in [6.45, 7) is 14.3. The largest absolute Gasteiger partial charge is 0.460 e. The minimum Gasteiger partial charge on any atom is -0.460 e. The monoisotopic (exact) mass is 928 g/mol. The van der Waals surface area contributed by atoms with Crippen molar-refractivity contribution < 1.29 is 63.0 Å². The Balaban J connectivity index is 1.73. The first-order valence-corrected chi connectivity index (χ1v) is 24.3. The molecule has 4 rings (SSSR count). The number of cyclic esters (lactones) is 1. The second kappa shape index (κ2) is 24.8. The fourth-order valence-corrected chi connectivity index (χ4v) is 10.4. The lowest BCUT2D eigenvalue weighted by atomic mass is 9.78. The molecule has 4 aliphatic rings. The molecular formula is C52H81NO13. The summed E-state index contributed by atoms with van der Waals surface area (Å²) in [5, 5.41) is 34.0. The summed E-state index contributed by atoms with van der Waals surface area (Å²) in [6, 6.07) is 0. The average molecular weight is 928 g/mol. The van der Waals surface area contributed by atoms with E-state index in [4.69, 9.17) is 23.7 Å². The number of ether oxygens (including phenoxy) is 5. The summed E-state index contributed by atoms with van der Waals surface area (Å²) < 4.78 is 29.5. The van der Waals surface area contributed by atoms with Gasteiger partial charge in [0.1, 0.15) is 17.7 Å². The predicted octanol–water partition coefficient (Wildman–Crippen LogP) is 6.57. The molecule has 14 heteroatoms. The van der Waals surface area contributed by atoms with Crippen molar-refractivity contribution in [2.45, 2.75) is 186 Å². The Hall–Kier alpha value is -3.37. The lowest BCUT2D eigenvalue weighted by molar-refractivity contribution is -0.266. The van der Waals surface area contributed by atoms with E-state index in [1.165, 1.54) is 12.0 Å². The van der Waals surface area contributed by atoms with Gasteiger partial charge in [-0.1, -0.05) is 71.1 Å². The van der Waals surface area contributed by atoms with E-state index in [0.717, 1.165) is 5.57 Å². The van der Waals surface area contributed by atoms with E-state index in [0.29, 0.717) is 69.8 Å². The zero-order valence-electron chi connectivity index (χ0n) is 41.5. The van der Waals surface area contributed by atoms with Gasteiger partial charge in [-0.25, -0.2) is 4.79 Å². The molecule has 3 aliphatic heterocycles. The maximum Gasteiger partial charge on any atom is 0.332 e. The predicted molar refractivity (Wildman–Crippen MR) is 250 cm³/mol. The van der Waals surface area contributed by atoms with Gasteiger partial charge < -0.3 is 43.9 Å². The SMILES string of the molecule is COC1CC(C[C@@H](C)C2CC(=O)C(C)=CC(C)C(O)[C@@H](OC)C(=O)C(C)C[C@H](C)C=CC=CC=C(C)[C@@H](OC)C[C@@H]3CCC(C)C(O)(O3)C(=O)C(=O)N3CCCC[C@@]3(C)C(=O)O2)CC[C@H]1O. The molecule has 3 heterocycles. The first kappa shape index (κ1) is 55.2. The van der Waals surface area contributed by atoms with Gasteiger partial charge in [0.05, 0.1) is 30.5 Å². The third kappa shape index (κ3) is 13.7. The summed E-state index contributed by atoms with van der Waals surface area (Å²) in [6.07, 6.45) is 11.1. The first-order valence-electron chi connectivity index (χ1n) is 24.3. The average Bonchev–Trinajstić information content (AvgIpc) is 3.28. The van der Waals surface area contributed by atoms with Crippen LogP contribution in [-0.2, 0) is 47.7 Å².